The molecule has 1 aliphatic carbocycles. The quantitative estimate of drug-likeness (QED) is 0.911. The smallest absolute Gasteiger partial charge is 0.260 e. The lowest BCUT2D eigenvalue weighted by Gasteiger charge is -2.20. The van der Waals surface area contributed by atoms with Crippen molar-refractivity contribution in [2.45, 2.75) is 38.5 Å². The second-order valence-corrected chi connectivity index (χ2v) is 7.36. The fraction of sp³-hybridized carbons (Fsp3) is 0.474. The Balaban J connectivity index is 1.37. The van der Waals surface area contributed by atoms with E-state index in [2.05, 4.69) is 10.2 Å². The van der Waals surface area contributed by atoms with Gasteiger partial charge >= 0.3 is 0 Å². The van der Waals surface area contributed by atoms with Crippen molar-refractivity contribution >= 4 is 17.5 Å². The van der Waals surface area contributed by atoms with E-state index in [0.29, 0.717) is 23.2 Å². The van der Waals surface area contributed by atoms with Gasteiger partial charge in [-0.1, -0.05) is 11.6 Å². The van der Waals surface area contributed by atoms with Crippen LogP contribution in [0.3, 0.4) is 0 Å². The highest BCUT2D eigenvalue weighted by Gasteiger charge is 2.31. The highest BCUT2D eigenvalue weighted by Crippen LogP contribution is 2.41. The molecule has 0 saturated heterocycles. The third-order valence-corrected chi connectivity index (χ3v) is 5.29. The van der Waals surface area contributed by atoms with Gasteiger partial charge in [-0.3, -0.25) is 9.89 Å². The van der Waals surface area contributed by atoms with Crippen LogP contribution in [-0.2, 0) is 17.6 Å². The number of aryl methyl sites for hydroxylation is 1. The number of H-pyrrole nitrogens is 1. The molecule has 5 nitrogen and oxygen atoms in total. The van der Waals surface area contributed by atoms with E-state index in [1.807, 2.05) is 24.0 Å². The SMILES string of the molecule is Cc1cc(Cl)ccc1OCC(=O)N1CCc2[nH]nc(C3CC3)c2CC1. The summed E-state index contributed by atoms with van der Waals surface area (Å²) in [5.74, 6) is 1.37. The van der Waals surface area contributed by atoms with Gasteiger partial charge in [0.15, 0.2) is 6.61 Å². The summed E-state index contributed by atoms with van der Waals surface area (Å²) in [7, 11) is 0. The summed E-state index contributed by atoms with van der Waals surface area (Å²) < 4.78 is 5.71. The van der Waals surface area contributed by atoms with E-state index in [9.17, 15) is 4.79 Å². The number of rotatable bonds is 4. The van der Waals surface area contributed by atoms with E-state index in [4.69, 9.17) is 16.3 Å². The highest BCUT2D eigenvalue weighted by atomic mass is 35.5. The molecule has 1 fully saturated rings. The van der Waals surface area contributed by atoms with Crippen LogP contribution in [0.25, 0.3) is 0 Å². The molecule has 0 bridgehead atoms. The molecule has 2 aliphatic rings. The third kappa shape index (κ3) is 3.52. The molecule has 1 aliphatic heterocycles. The Bertz CT molecular complexity index is 798. The number of fused-ring (bicyclic) bond motifs is 1. The van der Waals surface area contributed by atoms with Crippen LogP contribution in [0.5, 0.6) is 5.75 Å². The van der Waals surface area contributed by atoms with E-state index in [0.717, 1.165) is 24.9 Å². The minimum atomic E-state index is 0.0282. The molecule has 0 unspecified atom stereocenters. The van der Waals surface area contributed by atoms with E-state index < -0.39 is 0 Å². The van der Waals surface area contributed by atoms with Crippen LogP contribution in [0.2, 0.25) is 5.02 Å². The third-order valence-electron chi connectivity index (χ3n) is 5.05. The summed E-state index contributed by atoms with van der Waals surface area (Å²) in [6.45, 7) is 3.43. The minimum Gasteiger partial charge on any atom is -0.483 e. The average molecular weight is 360 g/mol. The number of ether oxygens (including phenoxy) is 1. The molecule has 1 saturated carbocycles. The van der Waals surface area contributed by atoms with Crippen molar-refractivity contribution < 1.29 is 9.53 Å². The topological polar surface area (TPSA) is 58.2 Å². The predicted octanol–water partition coefficient (Wildman–Crippen LogP) is 3.26. The first-order chi connectivity index (χ1) is 12.1. The fourth-order valence-electron chi connectivity index (χ4n) is 3.46. The summed E-state index contributed by atoms with van der Waals surface area (Å²) in [5.41, 5.74) is 4.71. The number of hydrogen-bond donors (Lipinski definition) is 1. The number of nitrogens with one attached hydrogen (secondary N) is 1. The number of nitrogens with zero attached hydrogens (tertiary/aromatic N) is 2. The lowest BCUT2D eigenvalue weighted by atomic mass is 10.1. The lowest BCUT2D eigenvalue weighted by Crippen LogP contribution is -2.37. The molecule has 25 heavy (non-hydrogen) atoms. The largest absolute Gasteiger partial charge is 0.483 e. The molecular weight excluding hydrogens is 338 g/mol. The van der Waals surface area contributed by atoms with Crippen LogP contribution in [0.15, 0.2) is 18.2 Å². The van der Waals surface area contributed by atoms with Gasteiger partial charge < -0.3 is 9.64 Å². The maximum Gasteiger partial charge on any atom is 0.260 e. The van der Waals surface area contributed by atoms with Crippen LogP contribution in [0, 0.1) is 6.92 Å². The zero-order valence-corrected chi connectivity index (χ0v) is 15.1. The number of aromatic amines is 1. The molecule has 4 rings (SSSR count). The van der Waals surface area contributed by atoms with Gasteiger partial charge in [-0.05, 0) is 55.5 Å². The van der Waals surface area contributed by atoms with Gasteiger partial charge in [-0.15, -0.1) is 0 Å². The Morgan fingerprint density at radius 1 is 1.36 bits per heavy atom. The lowest BCUT2D eigenvalue weighted by molar-refractivity contribution is -0.133. The number of hydrogen-bond acceptors (Lipinski definition) is 3. The van der Waals surface area contributed by atoms with Gasteiger partial charge in [0.2, 0.25) is 0 Å². The first-order valence-electron chi connectivity index (χ1n) is 8.84. The van der Waals surface area contributed by atoms with E-state index in [1.54, 1.807) is 6.07 Å². The predicted molar refractivity (Wildman–Crippen MR) is 96.2 cm³/mol. The molecule has 1 aromatic carbocycles. The van der Waals surface area contributed by atoms with Gasteiger partial charge in [-0.2, -0.15) is 5.10 Å². The van der Waals surface area contributed by atoms with E-state index in [1.165, 1.54) is 29.8 Å². The molecule has 1 N–H and O–H groups in total. The zero-order chi connectivity index (χ0) is 17.4. The van der Waals surface area contributed by atoms with Crippen molar-refractivity contribution in [2.75, 3.05) is 19.7 Å². The van der Waals surface area contributed by atoms with Crippen molar-refractivity contribution in [3.8, 4) is 5.75 Å². The second-order valence-electron chi connectivity index (χ2n) is 6.92. The number of halogens is 1. The van der Waals surface area contributed by atoms with Crippen LogP contribution >= 0.6 is 11.6 Å². The number of aromatic nitrogens is 2. The number of benzene rings is 1. The van der Waals surface area contributed by atoms with Gasteiger partial charge in [0, 0.05) is 36.1 Å². The first-order valence-corrected chi connectivity index (χ1v) is 9.22. The van der Waals surface area contributed by atoms with Crippen molar-refractivity contribution in [1.82, 2.24) is 15.1 Å². The van der Waals surface area contributed by atoms with E-state index >= 15 is 0 Å². The zero-order valence-electron chi connectivity index (χ0n) is 14.3. The van der Waals surface area contributed by atoms with Crippen LogP contribution in [-0.4, -0.2) is 40.7 Å². The van der Waals surface area contributed by atoms with Gasteiger partial charge in [0.25, 0.3) is 5.91 Å². The molecule has 1 aromatic heterocycles. The van der Waals surface area contributed by atoms with Gasteiger partial charge in [0.05, 0.1) is 5.69 Å². The normalized spacial score (nSPS) is 17.1. The second kappa shape index (κ2) is 6.71. The van der Waals surface area contributed by atoms with Gasteiger partial charge in [-0.25, -0.2) is 0 Å². The first kappa shape index (κ1) is 16.5. The number of amides is 1. The Labute approximate surface area is 152 Å². The summed E-state index contributed by atoms with van der Waals surface area (Å²) in [4.78, 5) is 14.5. The molecule has 132 valence electrons. The maximum atomic E-state index is 12.6. The summed E-state index contributed by atoms with van der Waals surface area (Å²) in [6, 6.07) is 5.43. The van der Waals surface area contributed by atoms with Crippen LogP contribution in [0.1, 0.15) is 41.3 Å². The Kier molecular flexibility index (Phi) is 4.42. The monoisotopic (exact) mass is 359 g/mol. The summed E-state index contributed by atoms with van der Waals surface area (Å²) >= 11 is 5.95. The van der Waals surface area contributed by atoms with Crippen LogP contribution in [0.4, 0.5) is 0 Å². The molecule has 2 heterocycles. The fourth-order valence-corrected chi connectivity index (χ4v) is 3.68. The van der Waals surface area contributed by atoms with Crippen molar-refractivity contribution in [3.05, 3.63) is 45.7 Å². The molecule has 0 atom stereocenters. The van der Waals surface area contributed by atoms with Crippen molar-refractivity contribution in [3.63, 3.8) is 0 Å². The summed E-state index contributed by atoms with van der Waals surface area (Å²) in [6.07, 6.45) is 4.20. The Hall–Kier alpha value is -2.01. The Morgan fingerprint density at radius 3 is 2.92 bits per heavy atom. The molecule has 0 spiro atoms. The minimum absolute atomic E-state index is 0.0282. The highest BCUT2D eigenvalue weighted by molar-refractivity contribution is 6.30. The van der Waals surface area contributed by atoms with Gasteiger partial charge in [0.1, 0.15) is 5.75 Å². The molecule has 0 radical (unpaired) electrons. The molecule has 6 heteroatoms. The van der Waals surface area contributed by atoms with Crippen molar-refractivity contribution in [1.29, 1.82) is 0 Å². The average Bonchev–Trinajstić information content (AvgIpc) is 3.39. The Morgan fingerprint density at radius 2 is 2.16 bits per heavy atom. The molecular formula is C19H22ClN3O2. The number of carbonyl (C=O) groups excluding carboxylic acids is 1. The molecule has 2 aromatic rings. The summed E-state index contributed by atoms with van der Waals surface area (Å²) in [5, 5.41) is 8.36. The van der Waals surface area contributed by atoms with Crippen LogP contribution < -0.4 is 4.74 Å². The number of carbonyl (C=O) groups is 1. The maximum absolute atomic E-state index is 12.6. The standard InChI is InChI=1S/C19H22ClN3O2/c1-12-10-14(20)4-5-17(12)25-11-18(24)23-8-6-15-16(7-9-23)21-22-19(15)13-2-3-13/h4-5,10,13H,2-3,6-9,11H2,1H3,(H,21,22). The van der Waals surface area contributed by atoms with Crippen molar-refractivity contribution in [2.24, 2.45) is 0 Å². The molecule has 1 amide bonds. The van der Waals surface area contributed by atoms with E-state index in [-0.39, 0.29) is 12.5 Å².